The first kappa shape index (κ1) is 19.3. The molecule has 0 radical (unpaired) electrons. The molecule has 7 nitrogen and oxygen atoms in total. The number of anilines is 2. The van der Waals surface area contributed by atoms with Gasteiger partial charge >= 0.3 is 0 Å². The summed E-state index contributed by atoms with van der Waals surface area (Å²) in [6.07, 6.45) is 1.98. The number of rotatable bonds is 7. The third-order valence-electron chi connectivity index (χ3n) is 5.41. The molecule has 152 valence electrons. The van der Waals surface area contributed by atoms with Crippen molar-refractivity contribution in [3.05, 3.63) is 61.2 Å². The molecule has 2 aromatic rings. The number of nitrogens with one attached hydrogen (secondary N) is 1. The second-order valence-corrected chi connectivity index (χ2v) is 9.22. The van der Waals surface area contributed by atoms with E-state index >= 15 is 0 Å². The molecule has 1 aliphatic heterocycles. The van der Waals surface area contributed by atoms with Crippen molar-refractivity contribution in [1.82, 2.24) is 0 Å². The largest absolute Gasteiger partial charge is 0.497 e. The molecule has 1 amide bonds. The van der Waals surface area contributed by atoms with E-state index in [0.717, 1.165) is 0 Å². The fraction of sp³-hybridized carbons (Fsp3) is 0.286. The number of nitrogens with zero attached hydrogens (tertiary/aromatic N) is 1. The Balaban J connectivity index is 1.51. The van der Waals surface area contributed by atoms with Crippen LogP contribution in [-0.4, -0.2) is 39.3 Å². The van der Waals surface area contributed by atoms with E-state index < -0.39 is 20.7 Å². The molecule has 1 N–H and O–H groups in total. The van der Waals surface area contributed by atoms with Gasteiger partial charge in [0, 0.05) is 18.2 Å². The van der Waals surface area contributed by atoms with Crippen molar-refractivity contribution in [1.29, 1.82) is 0 Å². The molecule has 2 aliphatic rings. The van der Waals surface area contributed by atoms with Gasteiger partial charge < -0.3 is 14.8 Å². The summed E-state index contributed by atoms with van der Waals surface area (Å²) in [5.41, 5.74) is 1.06. The molecule has 1 saturated carbocycles. The van der Waals surface area contributed by atoms with Gasteiger partial charge in [-0.1, -0.05) is 12.7 Å². The predicted molar refractivity (Wildman–Crippen MR) is 111 cm³/mol. The summed E-state index contributed by atoms with van der Waals surface area (Å²) in [6, 6.07) is 13.6. The monoisotopic (exact) mass is 414 g/mol. The van der Waals surface area contributed by atoms with E-state index in [-0.39, 0.29) is 5.92 Å². The van der Waals surface area contributed by atoms with Crippen LogP contribution in [0.25, 0.3) is 0 Å². The fourth-order valence-electron chi connectivity index (χ4n) is 3.74. The molecule has 29 heavy (non-hydrogen) atoms. The highest BCUT2D eigenvalue weighted by Gasteiger charge is 2.75. The van der Waals surface area contributed by atoms with Crippen molar-refractivity contribution in [2.75, 3.05) is 29.9 Å². The Hall–Kier alpha value is -3.00. The molecule has 0 aromatic heterocycles. The highest BCUT2D eigenvalue weighted by Crippen LogP contribution is 2.58. The first-order valence-corrected chi connectivity index (χ1v) is 10.7. The zero-order valence-corrected chi connectivity index (χ0v) is 16.8. The average Bonchev–Trinajstić information content (AvgIpc) is 3.43. The van der Waals surface area contributed by atoms with E-state index in [0.29, 0.717) is 42.4 Å². The first-order chi connectivity index (χ1) is 13.9. The highest BCUT2D eigenvalue weighted by atomic mass is 32.2. The Kier molecular flexibility index (Phi) is 4.74. The Bertz CT molecular complexity index is 1030. The Morgan fingerprint density at radius 3 is 2.48 bits per heavy atom. The van der Waals surface area contributed by atoms with Crippen LogP contribution in [0.4, 0.5) is 11.4 Å². The lowest BCUT2D eigenvalue weighted by Crippen LogP contribution is -2.42. The van der Waals surface area contributed by atoms with Crippen molar-refractivity contribution in [3.8, 4) is 11.5 Å². The maximum absolute atomic E-state index is 13.2. The topological polar surface area (TPSA) is 84.9 Å². The predicted octanol–water partition coefficient (Wildman–Crippen LogP) is 2.81. The van der Waals surface area contributed by atoms with Crippen LogP contribution in [0, 0.1) is 5.92 Å². The number of hydrogen-bond acceptors (Lipinski definition) is 5. The number of carbonyl (C=O) groups excluding carboxylic acids is 1. The van der Waals surface area contributed by atoms with E-state index in [4.69, 9.17) is 9.47 Å². The third-order valence-corrected chi connectivity index (χ3v) is 7.96. The molecular formula is C21H22N2O5S. The zero-order valence-electron chi connectivity index (χ0n) is 16.0. The molecule has 8 heteroatoms. The van der Waals surface area contributed by atoms with E-state index in [2.05, 4.69) is 11.9 Å². The summed E-state index contributed by atoms with van der Waals surface area (Å²) in [4.78, 5) is 12.9. The summed E-state index contributed by atoms with van der Waals surface area (Å²) >= 11 is 0. The molecule has 2 atom stereocenters. The summed E-state index contributed by atoms with van der Waals surface area (Å²) < 4.78 is 36.9. The van der Waals surface area contributed by atoms with Gasteiger partial charge in [0.15, 0.2) is 4.75 Å². The molecule has 2 aromatic carbocycles. The van der Waals surface area contributed by atoms with Crippen molar-refractivity contribution in [2.24, 2.45) is 5.92 Å². The quantitative estimate of drug-likeness (QED) is 0.705. The number of fused-ring (bicyclic) bond motifs is 1. The number of hydrogen-bond donors (Lipinski definition) is 1. The lowest BCUT2D eigenvalue weighted by atomic mass is 10.2. The minimum Gasteiger partial charge on any atom is -0.497 e. The van der Waals surface area contributed by atoms with E-state index in [1.54, 1.807) is 61.7 Å². The van der Waals surface area contributed by atoms with E-state index in [1.165, 1.54) is 4.31 Å². The third kappa shape index (κ3) is 3.13. The number of carbonyl (C=O) groups is 1. The zero-order chi connectivity index (χ0) is 20.6. The number of amides is 1. The van der Waals surface area contributed by atoms with Crippen LogP contribution < -0.4 is 19.1 Å². The standard InChI is InChI=1S/C21H22N2O5S/c1-3-12-28-19-8-4-16(5-9-19)22-20(24)21-13-15(21)14-23(29(21,25)26)17-6-10-18(27-2)11-7-17/h3-11,15H,1,12-14H2,2H3,(H,22,24)/t15-,21+/m1/s1. The normalized spacial score (nSPS) is 23.8. The van der Waals surface area contributed by atoms with Crippen molar-refractivity contribution >= 4 is 27.3 Å². The van der Waals surface area contributed by atoms with Crippen LogP contribution in [0.5, 0.6) is 11.5 Å². The molecule has 4 rings (SSSR count). The minimum absolute atomic E-state index is 0.218. The van der Waals surface area contributed by atoms with Crippen molar-refractivity contribution < 1.29 is 22.7 Å². The first-order valence-electron chi connectivity index (χ1n) is 9.24. The van der Waals surface area contributed by atoms with Gasteiger partial charge in [-0.05, 0) is 55.0 Å². The maximum Gasteiger partial charge on any atom is 0.250 e. The van der Waals surface area contributed by atoms with E-state index in [9.17, 15) is 13.2 Å². The Morgan fingerprint density at radius 2 is 1.86 bits per heavy atom. The Labute approximate surface area is 170 Å². The molecule has 0 spiro atoms. The van der Waals surface area contributed by atoms with Crippen LogP contribution in [0.1, 0.15) is 6.42 Å². The molecule has 0 unspecified atom stereocenters. The SMILES string of the molecule is C=CCOc1ccc(NC(=O)[C@]23C[C@@H]2CN(c2ccc(OC)cc2)S3(=O)=O)cc1. The molecule has 1 aliphatic carbocycles. The second kappa shape index (κ2) is 7.11. The number of benzene rings is 2. The summed E-state index contributed by atoms with van der Waals surface area (Å²) in [6.45, 7) is 4.28. The molecular weight excluding hydrogens is 392 g/mol. The van der Waals surface area contributed by atoms with Gasteiger partial charge in [0.05, 0.1) is 12.8 Å². The number of sulfonamides is 1. The van der Waals surface area contributed by atoms with Crippen molar-refractivity contribution in [3.63, 3.8) is 0 Å². The van der Waals surface area contributed by atoms with Gasteiger partial charge in [-0.25, -0.2) is 8.42 Å². The van der Waals surface area contributed by atoms with Crippen LogP contribution in [0.15, 0.2) is 61.2 Å². The van der Waals surface area contributed by atoms with Gasteiger partial charge in [-0.3, -0.25) is 9.10 Å². The average molecular weight is 414 g/mol. The van der Waals surface area contributed by atoms with Crippen molar-refractivity contribution in [2.45, 2.75) is 11.2 Å². The summed E-state index contributed by atoms with van der Waals surface area (Å²) in [7, 11) is -2.27. The lowest BCUT2D eigenvalue weighted by molar-refractivity contribution is -0.116. The van der Waals surface area contributed by atoms with Gasteiger partial charge in [0.25, 0.3) is 0 Å². The molecule has 1 heterocycles. The number of methoxy groups -OCH3 is 1. The Morgan fingerprint density at radius 1 is 1.21 bits per heavy atom. The van der Waals surface area contributed by atoms with Gasteiger partial charge in [-0.15, -0.1) is 0 Å². The highest BCUT2D eigenvalue weighted by molar-refractivity contribution is 7.95. The number of ether oxygens (including phenoxy) is 2. The molecule has 2 fully saturated rings. The fourth-order valence-corrected chi connectivity index (χ4v) is 6.11. The minimum atomic E-state index is -3.82. The van der Waals surface area contributed by atoms with Crippen LogP contribution in [-0.2, 0) is 14.8 Å². The molecule has 1 saturated heterocycles. The lowest BCUT2D eigenvalue weighted by Gasteiger charge is -2.23. The maximum atomic E-state index is 13.2. The van der Waals surface area contributed by atoms with Crippen LogP contribution in [0.3, 0.4) is 0 Å². The van der Waals surface area contributed by atoms with Gasteiger partial charge in [0.2, 0.25) is 15.9 Å². The van der Waals surface area contributed by atoms with Crippen LogP contribution >= 0.6 is 0 Å². The summed E-state index contributed by atoms with van der Waals surface area (Å²) in [5.74, 6) is 0.580. The van der Waals surface area contributed by atoms with Crippen LogP contribution in [0.2, 0.25) is 0 Å². The van der Waals surface area contributed by atoms with E-state index in [1.807, 2.05) is 0 Å². The molecule has 0 bridgehead atoms. The smallest absolute Gasteiger partial charge is 0.250 e. The second-order valence-electron chi connectivity index (χ2n) is 7.10. The van der Waals surface area contributed by atoms with Gasteiger partial charge in [-0.2, -0.15) is 0 Å². The van der Waals surface area contributed by atoms with Gasteiger partial charge in [0.1, 0.15) is 18.1 Å². The summed E-state index contributed by atoms with van der Waals surface area (Å²) in [5, 5.41) is 2.75.